The third kappa shape index (κ3) is 4.90. The van der Waals surface area contributed by atoms with E-state index in [0.717, 1.165) is 57.9 Å². The molecule has 3 aromatic heterocycles. The molecule has 1 aromatic carbocycles. The molecule has 1 aliphatic heterocycles. The van der Waals surface area contributed by atoms with E-state index in [2.05, 4.69) is 45.1 Å². The normalized spacial score (nSPS) is 15.3. The number of piperidine rings is 1. The summed E-state index contributed by atoms with van der Waals surface area (Å²) in [5, 5.41) is 3.65. The molecule has 0 saturated carbocycles. The summed E-state index contributed by atoms with van der Waals surface area (Å²) in [5.74, 6) is 0.0723. The molecule has 0 radical (unpaired) electrons. The number of thioether (sulfide) groups is 1. The van der Waals surface area contributed by atoms with Gasteiger partial charge in [0.25, 0.3) is 0 Å². The largest absolute Gasteiger partial charge is 0.306 e. The van der Waals surface area contributed by atoms with Crippen molar-refractivity contribution in [3.05, 3.63) is 71.8 Å². The standard InChI is InChI=1S/C25H24N4OS2/c1-29-8-5-22(6-9-29)32-25-12-17(4-7-27-25)23(30)13-21-11-20-10-18(24-15-26-16-31-24)2-3-19(20)14-28-21/h2-4,7,10-12,14-16,22H,5-6,8-9,13H2,1H3. The number of ketones is 1. The molecule has 4 heterocycles. The zero-order valence-corrected chi connectivity index (χ0v) is 19.5. The average Bonchev–Trinajstić information content (AvgIpc) is 3.35. The Balaban J connectivity index is 1.31. The maximum atomic E-state index is 13.0. The van der Waals surface area contributed by atoms with Crippen LogP contribution in [0.4, 0.5) is 0 Å². The Morgan fingerprint density at radius 1 is 1.09 bits per heavy atom. The van der Waals surface area contributed by atoms with E-state index >= 15 is 0 Å². The lowest BCUT2D eigenvalue weighted by molar-refractivity contribution is 0.0991. The highest BCUT2D eigenvalue weighted by Crippen LogP contribution is 2.30. The fraction of sp³-hybridized carbons (Fsp3) is 0.280. The average molecular weight is 461 g/mol. The van der Waals surface area contributed by atoms with Gasteiger partial charge >= 0.3 is 0 Å². The highest BCUT2D eigenvalue weighted by molar-refractivity contribution is 7.99. The van der Waals surface area contributed by atoms with E-state index < -0.39 is 0 Å². The maximum absolute atomic E-state index is 13.0. The molecular formula is C25H24N4OS2. The minimum Gasteiger partial charge on any atom is -0.306 e. The Morgan fingerprint density at radius 3 is 2.78 bits per heavy atom. The van der Waals surface area contributed by atoms with Crippen LogP contribution in [0.1, 0.15) is 28.9 Å². The minimum atomic E-state index is 0.0723. The number of aromatic nitrogens is 3. The Bertz CT molecular complexity index is 1230. The molecule has 7 heteroatoms. The molecule has 0 amide bonds. The molecule has 1 aliphatic rings. The van der Waals surface area contributed by atoms with E-state index in [-0.39, 0.29) is 12.2 Å². The molecule has 1 fully saturated rings. The van der Waals surface area contributed by atoms with Gasteiger partial charge in [0.05, 0.1) is 21.8 Å². The summed E-state index contributed by atoms with van der Waals surface area (Å²) in [5.41, 5.74) is 4.46. The molecule has 5 nitrogen and oxygen atoms in total. The van der Waals surface area contributed by atoms with E-state index in [1.165, 1.54) is 0 Å². The molecule has 0 unspecified atom stereocenters. The Labute approximate surface area is 195 Å². The van der Waals surface area contributed by atoms with E-state index in [0.29, 0.717) is 10.8 Å². The summed E-state index contributed by atoms with van der Waals surface area (Å²) in [6, 6.07) is 12.1. The number of hydrogen-bond donors (Lipinski definition) is 0. The second-order valence-corrected chi connectivity index (χ2v) is 10.4. The molecule has 0 bridgehead atoms. The van der Waals surface area contributed by atoms with Crippen molar-refractivity contribution in [3.8, 4) is 10.4 Å². The van der Waals surface area contributed by atoms with Crippen molar-refractivity contribution in [1.82, 2.24) is 19.9 Å². The van der Waals surface area contributed by atoms with Crippen LogP contribution in [0.15, 0.2) is 65.5 Å². The van der Waals surface area contributed by atoms with Crippen LogP contribution in [0, 0.1) is 0 Å². The van der Waals surface area contributed by atoms with Crippen molar-refractivity contribution in [1.29, 1.82) is 0 Å². The van der Waals surface area contributed by atoms with Crippen molar-refractivity contribution in [2.75, 3.05) is 20.1 Å². The van der Waals surface area contributed by atoms with Crippen LogP contribution in [0.2, 0.25) is 0 Å². The van der Waals surface area contributed by atoms with E-state index in [9.17, 15) is 4.79 Å². The van der Waals surface area contributed by atoms with Crippen molar-refractivity contribution >= 4 is 39.7 Å². The lowest BCUT2D eigenvalue weighted by atomic mass is 10.0. The SMILES string of the molecule is CN1CCC(Sc2cc(C(=O)Cc3cc4cc(-c5cncs5)ccc4cn3)ccn2)CC1. The van der Waals surface area contributed by atoms with Gasteiger partial charge in [0.15, 0.2) is 5.78 Å². The van der Waals surface area contributed by atoms with Gasteiger partial charge in [-0.05, 0) is 68.2 Å². The van der Waals surface area contributed by atoms with Gasteiger partial charge in [-0.25, -0.2) is 4.98 Å². The van der Waals surface area contributed by atoms with E-state index in [4.69, 9.17) is 0 Å². The first-order valence-electron chi connectivity index (χ1n) is 10.8. The van der Waals surface area contributed by atoms with Crippen LogP contribution >= 0.6 is 23.1 Å². The number of Topliss-reactive ketones (excluding diaryl/α,β-unsaturated/α-hetero) is 1. The number of pyridine rings is 2. The van der Waals surface area contributed by atoms with Crippen molar-refractivity contribution in [2.24, 2.45) is 0 Å². The fourth-order valence-corrected chi connectivity index (χ4v) is 5.71. The number of nitrogens with zero attached hydrogens (tertiary/aromatic N) is 4. The second-order valence-electron chi connectivity index (χ2n) is 8.21. The predicted molar refractivity (Wildman–Crippen MR) is 131 cm³/mol. The number of thiazole rings is 1. The van der Waals surface area contributed by atoms with Gasteiger partial charge in [-0.15, -0.1) is 23.1 Å². The van der Waals surface area contributed by atoms with Crippen LogP contribution in [0.25, 0.3) is 21.2 Å². The summed E-state index contributed by atoms with van der Waals surface area (Å²) in [7, 11) is 2.17. The first kappa shape index (κ1) is 21.2. The number of rotatable bonds is 6. The zero-order chi connectivity index (χ0) is 21.9. The van der Waals surface area contributed by atoms with Gasteiger partial charge < -0.3 is 4.90 Å². The maximum Gasteiger partial charge on any atom is 0.168 e. The summed E-state index contributed by atoms with van der Waals surface area (Å²) >= 11 is 3.42. The summed E-state index contributed by atoms with van der Waals surface area (Å²) in [6.07, 6.45) is 8.07. The van der Waals surface area contributed by atoms with Crippen molar-refractivity contribution < 1.29 is 4.79 Å². The Morgan fingerprint density at radius 2 is 1.97 bits per heavy atom. The quantitative estimate of drug-likeness (QED) is 0.361. The summed E-state index contributed by atoms with van der Waals surface area (Å²) in [4.78, 5) is 29.7. The Kier molecular flexibility index (Phi) is 6.30. The summed E-state index contributed by atoms with van der Waals surface area (Å²) < 4.78 is 0. The van der Waals surface area contributed by atoms with Crippen molar-refractivity contribution in [2.45, 2.75) is 29.5 Å². The van der Waals surface area contributed by atoms with Crippen LogP contribution in [-0.4, -0.2) is 51.0 Å². The van der Waals surface area contributed by atoms with Gasteiger partial charge in [-0.1, -0.05) is 12.1 Å². The molecular weight excluding hydrogens is 436 g/mol. The molecule has 0 N–H and O–H groups in total. The van der Waals surface area contributed by atoms with Gasteiger partial charge in [-0.2, -0.15) is 0 Å². The third-order valence-corrected chi connectivity index (χ3v) is 7.94. The number of benzene rings is 1. The zero-order valence-electron chi connectivity index (χ0n) is 17.9. The molecule has 4 aromatic rings. The van der Waals surface area contributed by atoms with Crippen LogP contribution in [0.5, 0.6) is 0 Å². The highest BCUT2D eigenvalue weighted by atomic mass is 32.2. The summed E-state index contributed by atoms with van der Waals surface area (Å²) in [6.45, 7) is 2.24. The number of carbonyl (C=O) groups is 1. The van der Waals surface area contributed by atoms with Crippen LogP contribution in [0.3, 0.4) is 0 Å². The highest BCUT2D eigenvalue weighted by Gasteiger charge is 2.19. The lowest BCUT2D eigenvalue weighted by Crippen LogP contribution is -2.31. The monoisotopic (exact) mass is 460 g/mol. The fourth-order valence-electron chi connectivity index (χ4n) is 3.98. The molecule has 0 aliphatic carbocycles. The van der Waals surface area contributed by atoms with E-state index in [1.807, 2.05) is 36.1 Å². The van der Waals surface area contributed by atoms with Gasteiger partial charge in [0.1, 0.15) is 0 Å². The third-order valence-electron chi connectivity index (χ3n) is 5.85. The topological polar surface area (TPSA) is 59.0 Å². The minimum absolute atomic E-state index is 0.0723. The first-order chi connectivity index (χ1) is 15.6. The van der Waals surface area contributed by atoms with Gasteiger partial charge in [0, 0.05) is 40.5 Å². The number of carbonyl (C=O) groups excluding carboxylic acids is 1. The first-order valence-corrected chi connectivity index (χ1v) is 12.5. The van der Waals surface area contributed by atoms with Gasteiger partial charge in [-0.3, -0.25) is 14.8 Å². The number of fused-ring (bicyclic) bond motifs is 1. The van der Waals surface area contributed by atoms with Crippen LogP contribution in [-0.2, 0) is 6.42 Å². The molecule has 0 atom stereocenters. The smallest absolute Gasteiger partial charge is 0.168 e. The molecule has 0 spiro atoms. The predicted octanol–water partition coefficient (Wildman–Crippen LogP) is 5.37. The molecule has 5 rings (SSSR count). The lowest BCUT2D eigenvalue weighted by Gasteiger charge is -2.28. The number of likely N-dealkylation sites (tertiary alicyclic amines) is 1. The molecule has 1 saturated heterocycles. The molecule has 32 heavy (non-hydrogen) atoms. The molecule has 162 valence electrons. The Hall–Kier alpha value is -2.61. The van der Waals surface area contributed by atoms with Gasteiger partial charge in [0.2, 0.25) is 0 Å². The second kappa shape index (κ2) is 9.48. The van der Waals surface area contributed by atoms with Crippen molar-refractivity contribution in [3.63, 3.8) is 0 Å². The van der Waals surface area contributed by atoms with E-state index in [1.54, 1.807) is 29.3 Å². The number of hydrogen-bond acceptors (Lipinski definition) is 7. The van der Waals surface area contributed by atoms with Crippen LogP contribution < -0.4 is 0 Å².